The maximum atomic E-state index is 12.9. The molecule has 1 amide bonds. The van der Waals surface area contributed by atoms with E-state index in [-0.39, 0.29) is 11.7 Å². The Hall–Kier alpha value is -1.79. The van der Waals surface area contributed by atoms with E-state index in [1.165, 1.54) is 23.5 Å². The quantitative estimate of drug-likeness (QED) is 0.944. The molecule has 1 fully saturated rings. The number of carbonyl (C=O) groups excluding carboxylic acids is 1. The van der Waals surface area contributed by atoms with Gasteiger partial charge in [0.15, 0.2) is 0 Å². The minimum absolute atomic E-state index is 0.0520. The molecule has 1 aromatic heterocycles. The molecule has 1 N–H and O–H groups in total. The molecule has 0 radical (unpaired) electrons. The normalized spacial score (nSPS) is 18.5. The number of hydrogen-bond acceptors (Lipinski definition) is 4. The zero-order chi connectivity index (χ0) is 15.5. The molecule has 1 aliphatic heterocycles. The summed E-state index contributed by atoms with van der Waals surface area (Å²) in [4.78, 5) is 19.3. The van der Waals surface area contributed by atoms with Crippen LogP contribution in [0.15, 0.2) is 30.5 Å². The van der Waals surface area contributed by atoms with E-state index >= 15 is 0 Å². The van der Waals surface area contributed by atoms with E-state index in [1.54, 1.807) is 18.3 Å². The van der Waals surface area contributed by atoms with Crippen molar-refractivity contribution in [2.45, 2.75) is 19.4 Å². The van der Waals surface area contributed by atoms with Crippen molar-refractivity contribution in [1.82, 2.24) is 15.2 Å². The second-order valence-electron chi connectivity index (χ2n) is 5.53. The van der Waals surface area contributed by atoms with Gasteiger partial charge < -0.3 is 10.2 Å². The second-order valence-corrected chi connectivity index (χ2v) is 6.64. The number of nitrogens with zero attached hydrogens (tertiary/aromatic N) is 2. The summed E-state index contributed by atoms with van der Waals surface area (Å²) in [5, 5.41) is 4.20. The molecule has 4 nitrogen and oxygen atoms in total. The first kappa shape index (κ1) is 15.1. The van der Waals surface area contributed by atoms with E-state index in [2.05, 4.69) is 17.2 Å². The van der Waals surface area contributed by atoms with Crippen molar-refractivity contribution >= 4 is 17.2 Å². The first-order valence-electron chi connectivity index (χ1n) is 7.33. The number of piperazine rings is 1. The molecule has 1 aliphatic rings. The Bertz CT molecular complexity index is 656. The van der Waals surface area contributed by atoms with E-state index < -0.39 is 0 Å². The minimum atomic E-state index is -0.244. The molecule has 0 saturated carbocycles. The molecule has 0 bridgehead atoms. The lowest BCUT2D eigenvalue weighted by molar-refractivity contribution is 0.0714. The number of nitrogens with one attached hydrogen (secondary N) is 1. The summed E-state index contributed by atoms with van der Waals surface area (Å²) in [5.41, 5.74) is 0.991. The fourth-order valence-electron chi connectivity index (χ4n) is 2.54. The van der Waals surface area contributed by atoms with Crippen molar-refractivity contribution < 1.29 is 9.18 Å². The molecule has 3 rings (SSSR count). The SMILES string of the molecule is CC1CN(C(=O)c2cnc(Cc3ccc(F)cc3)s2)CCN1. The Morgan fingerprint density at radius 1 is 1.45 bits per heavy atom. The number of halogens is 1. The Kier molecular flexibility index (Phi) is 4.49. The Morgan fingerprint density at radius 2 is 2.23 bits per heavy atom. The van der Waals surface area contributed by atoms with Gasteiger partial charge in [0.25, 0.3) is 5.91 Å². The van der Waals surface area contributed by atoms with Gasteiger partial charge >= 0.3 is 0 Å². The molecule has 1 unspecified atom stereocenters. The van der Waals surface area contributed by atoms with Crippen LogP contribution in [-0.4, -0.2) is 41.5 Å². The number of benzene rings is 1. The first-order valence-corrected chi connectivity index (χ1v) is 8.15. The van der Waals surface area contributed by atoms with Gasteiger partial charge in [0.1, 0.15) is 10.7 Å². The van der Waals surface area contributed by atoms with Crippen LogP contribution < -0.4 is 5.32 Å². The number of hydrogen-bond donors (Lipinski definition) is 1. The van der Waals surface area contributed by atoms with Gasteiger partial charge in [-0.15, -0.1) is 11.3 Å². The molecule has 116 valence electrons. The summed E-state index contributed by atoms with van der Waals surface area (Å²) in [7, 11) is 0. The van der Waals surface area contributed by atoms with Gasteiger partial charge in [-0.25, -0.2) is 9.37 Å². The van der Waals surface area contributed by atoms with Gasteiger partial charge in [0.2, 0.25) is 0 Å². The van der Waals surface area contributed by atoms with E-state index in [0.29, 0.717) is 17.3 Å². The van der Waals surface area contributed by atoms with Crippen LogP contribution in [0.4, 0.5) is 4.39 Å². The summed E-state index contributed by atoms with van der Waals surface area (Å²) in [6.07, 6.45) is 2.27. The lowest BCUT2D eigenvalue weighted by Crippen LogP contribution is -2.51. The molecule has 22 heavy (non-hydrogen) atoms. The van der Waals surface area contributed by atoms with Crippen LogP contribution in [0.5, 0.6) is 0 Å². The highest BCUT2D eigenvalue weighted by atomic mass is 32.1. The van der Waals surface area contributed by atoms with Crippen molar-refractivity contribution in [2.24, 2.45) is 0 Å². The molecule has 1 atom stereocenters. The van der Waals surface area contributed by atoms with Crippen molar-refractivity contribution in [1.29, 1.82) is 0 Å². The van der Waals surface area contributed by atoms with Crippen LogP contribution in [-0.2, 0) is 6.42 Å². The maximum Gasteiger partial charge on any atom is 0.265 e. The lowest BCUT2D eigenvalue weighted by atomic mass is 10.2. The van der Waals surface area contributed by atoms with Crippen LogP contribution in [0, 0.1) is 5.82 Å². The summed E-state index contributed by atoms with van der Waals surface area (Å²) < 4.78 is 12.9. The molecular weight excluding hydrogens is 301 g/mol. The van der Waals surface area contributed by atoms with E-state index in [0.717, 1.165) is 30.2 Å². The van der Waals surface area contributed by atoms with Crippen LogP contribution in [0.2, 0.25) is 0 Å². The predicted octanol–water partition coefficient (Wildman–Crippen LogP) is 2.31. The Morgan fingerprint density at radius 3 is 2.95 bits per heavy atom. The zero-order valence-corrected chi connectivity index (χ0v) is 13.2. The molecular formula is C16H18FN3OS. The van der Waals surface area contributed by atoms with Crippen molar-refractivity contribution in [3.63, 3.8) is 0 Å². The molecule has 0 aliphatic carbocycles. The molecule has 1 aromatic carbocycles. The fraction of sp³-hybridized carbons (Fsp3) is 0.375. The number of rotatable bonds is 3. The maximum absolute atomic E-state index is 12.9. The zero-order valence-electron chi connectivity index (χ0n) is 12.4. The van der Waals surface area contributed by atoms with E-state index in [1.807, 2.05) is 4.90 Å². The van der Waals surface area contributed by atoms with Crippen molar-refractivity contribution in [3.05, 3.63) is 51.7 Å². The van der Waals surface area contributed by atoms with Gasteiger partial charge in [-0.1, -0.05) is 12.1 Å². The van der Waals surface area contributed by atoms with Crippen LogP contribution >= 0.6 is 11.3 Å². The summed E-state index contributed by atoms with van der Waals surface area (Å²) in [5.74, 6) is -0.192. The molecule has 6 heteroatoms. The fourth-order valence-corrected chi connectivity index (χ4v) is 3.46. The molecule has 0 spiro atoms. The third kappa shape index (κ3) is 3.51. The highest BCUT2D eigenvalue weighted by molar-refractivity contribution is 7.13. The lowest BCUT2D eigenvalue weighted by Gasteiger charge is -2.31. The van der Waals surface area contributed by atoms with Crippen molar-refractivity contribution in [3.8, 4) is 0 Å². The highest BCUT2D eigenvalue weighted by Gasteiger charge is 2.23. The van der Waals surface area contributed by atoms with Gasteiger partial charge in [0, 0.05) is 32.1 Å². The number of carbonyl (C=O) groups is 1. The average Bonchev–Trinajstić information content (AvgIpc) is 2.97. The summed E-state index contributed by atoms with van der Waals surface area (Å²) in [6.45, 7) is 4.36. The smallest absolute Gasteiger partial charge is 0.265 e. The third-order valence-electron chi connectivity index (χ3n) is 3.69. The van der Waals surface area contributed by atoms with Gasteiger partial charge in [-0.05, 0) is 24.6 Å². The predicted molar refractivity (Wildman–Crippen MR) is 84.7 cm³/mol. The van der Waals surface area contributed by atoms with E-state index in [4.69, 9.17) is 0 Å². The summed E-state index contributed by atoms with van der Waals surface area (Å²) >= 11 is 1.42. The molecule has 2 heterocycles. The Balaban J connectivity index is 1.67. The topological polar surface area (TPSA) is 45.2 Å². The first-order chi connectivity index (χ1) is 10.6. The van der Waals surface area contributed by atoms with E-state index in [9.17, 15) is 9.18 Å². The third-order valence-corrected chi connectivity index (χ3v) is 4.67. The summed E-state index contributed by atoms with van der Waals surface area (Å²) in [6, 6.07) is 6.70. The number of aromatic nitrogens is 1. The largest absolute Gasteiger partial charge is 0.335 e. The number of amides is 1. The van der Waals surface area contributed by atoms with Gasteiger partial charge in [-0.2, -0.15) is 0 Å². The van der Waals surface area contributed by atoms with Crippen LogP contribution in [0.1, 0.15) is 27.2 Å². The average molecular weight is 319 g/mol. The van der Waals surface area contributed by atoms with Gasteiger partial charge in [-0.3, -0.25) is 4.79 Å². The second kappa shape index (κ2) is 6.54. The molecule has 1 saturated heterocycles. The molecule has 2 aromatic rings. The van der Waals surface area contributed by atoms with Crippen molar-refractivity contribution in [2.75, 3.05) is 19.6 Å². The standard InChI is InChI=1S/C16H18FN3OS/c1-11-10-20(7-6-18-11)16(21)14-9-19-15(22-14)8-12-2-4-13(17)5-3-12/h2-5,9,11,18H,6-8,10H2,1H3. The monoisotopic (exact) mass is 319 g/mol. The minimum Gasteiger partial charge on any atom is -0.335 e. The van der Waals surface area contributed by atoms with Gasteiger partial charge in [0.05, 0.1) is 11.2 Å². The van der Waals surface area contributed by atoms with Crippen LogP contribution in [0.3, 0.4) is 0 Å². The highest BCUT2D eigenvalue weighted by Crippen LogP contribution is 2.19. The number of thiazole rings is 1. The van der Waals surface area contributed by atoms with Crippen LogP contribution in [0.25, 0.3) is 0 Å². The Labute approximate surface area is 133 Å².